The highest BCUT2D eigenvalue weighted by molar-refractivity contribution is 6.42. The van der Waals surface area contributed by atoms with Crippen LogP contribution < -0.4 is 0 Å². The first kappa shape index (κ1) is 10.7. The minimum absolute atomic E-state index is 0.212. The van der Waals surface area contributed by atoms with E-state index in [-0.39, 0.29) is 5.15 Å². The van der Waals surface area contributed by atoms with Crippen LogP contribution in [0.25, 0.3) is 5.82 Å². The SMILES string of the molecule is Cc1ccn(-c2nc(Cl)c(Cl)cc2Cl)n1. The van der Waals surface area contributed by atoms with Crippen molar-refractivity contribution in [1.29, 1.82) is 0 Å². The molecule has 0 amide bonds. The maximum atomic E-state index is 5.98. The Morgan fingerprint density at radius 3 is 2.53 bits per heavy atom. The normalized spacial score (nSPS) is 10.7. The van der Waals surface area contributed by atoms with E-state index in [4.69, 9.17) is 34.8 Å². The standard InChI is InChI=1S/C9H6Cl3N3/c1-5-2-3-15(14-5)9-7(11)4-6(10)8(12)13-9/h2-4H,1H3. The first-order valence-corrected chi connectivity index (χ1v) is 5.25. The number of rotatable bonds is 1. The quantitative estimate of drug-likeness (QED) is 0.736. The molecule has 0 aromatic carbocycles. The Bertz CT molecular complexity index is 507. The van der Waals surface area contributed by atoms with Crippen molar-refractivity contribution in [1.82, 2.24) is 14.8 Å². The van der Waals surface area contributed by atoms with Crippen LogP contribution in [0.2, 0.25) is 15.2 Å². The number of pyridine rings is 1. The van der Waals surface area contributed by atoms with E-state index in [2.05, 4.69) is 10.1 Å². The third kappa shape index (κ3) is 2.09. The van der Waals surface area contributed by atoms with E-state index in [9.17, 15) is 0 Å². The van der Waals surface area contributed by atoms with E-state index in [1.807, 2.05) is 13.0 Å². The number of aromatic nitrogens is 3. The van der Waals surface area contributed by atoms with Crippen molar-refractivity contribution >= 4 is 34.8 Å². The van der Waals surface area contributed by atoms with Crippen LogP contribution in [0, 0.1) is 6.92 Å². The molecule has 78 valence electrons. The largest absolute Gasteiger partial charge is 0.221 e. The summed E-state index contributed by atoms with van der Waals surface area (Å²) in [5.74, 6) is 0.471. The van der Waals surface area contributed by atoms with Gasteiger partial charge in [0.15, 0.2) is 5.82 Å². The molecule has 2 aromatic rings. The second-order valence-corrected chi connectivity index (χ2v) is 4.14. The molecule has 2 heterocycles. The van der Waals surface area contributed by atoms with Gasteiger partial charge in [-0.15, -0.1) is 0 Å². The van der Waals surface area contributed by atoms with E-state index in [1.165, 1.54) is 0 Å². The van der Waals surface area contributed by atoms with Crippen LogP contribution in [0.15, 0.2) is 18.3 Å². The Morgan fingerprint density at radius 1 is 1.20 bits per heavy atom. The maximum absolute atomic E-state index is 5.98. The van der Waals surface area contributed by atoms with E-state index >= 15 is 0 Å². The Labute approximate surface area is 102 Å². The highest BCUT2D eigenvalue weighted by atomic mass is 35.5. The van der Waals surface area contributed by atoms with Crippen LogP contribution in [0.1, 0.15) is 5.69 Å². The van der Waals surface area contributed by atoms with Gasteiger partial charge in [0, 0.05) is 6.20 Å². The summed E-state index contributed by atoms with van der Waals surface area (Å²) in [6, 6.07) is 3.39. The lowest BCUT2D eigenvalue weighted by molar-refractivity contribution is 0.833. The number of aryl methyl sites for hydroxylation is 1. The van der Waals surface area contributed by atoms with Crippen molar-refractivity contribution in [2.45, 2.75) is 6.92 Å². The first-order chi connectivity index (χ1) is 7.08. The van der Waals surface area contributed by atoms with Gasteiger partial charge in [-0.2, -0.15) is 5.10 Å². The van der Waals surface area contributed by atoms with Gasteiger partial charge in [0.1, 0.15) is 5.15 Å². The highest BCUT2D eigenvalue weighted by Gasteiger charge is 2.10. The first-order valence-electron chi connectivity index (χ1n) is 4.12. The zero-order valence-electron chi connectivity index (χ0n) is 7.71. The third-order valence-corrected chi connectivity index (χ3v) is 2.76. The van der Waals surface area contributed by atoms with Crippen LogP contribution in [-0.2, 0) is 0 Å². The molecule has 0 unspecified atom stereocenters. The summed E-state index contributed by atoms with van der Waals surface area (Å²) in [5, 5.41) is 5.13. The molecule has 0 radical (unpaired) electrons. The molecule has 0 aliphatic rings. The monoisotopic (exact) mass is 261 g/mol. The molecule has 0 saturated carbocycles. The summed E-state index contributed by atoms with van der Waals surface area (Å²) < 4.78 is 1.56. The van der Waals surface area contributed by atoms with Crippen LogP contribution in [0.5, 0.6) is 0 Å². The summed E-state index contributed by atoms with van der Waals surface area (Å²) in [5.41, 5.74) is 0.874. The molecular formula is C9H6Cl3N3. The van der Waals surface area contributed by atoms with Crippen molar-refractivity contribution in [3.8, 4) is 5.82 Å². The van der Waals surface area contributed by atoms with Crippen molar-refractivity contribution < 1.29 is 0 Å². The average Bonchev–Trinajstić information content (AvgIpc) is 2.58. The smallest absolute Gasteiger partial charge is 0.173 e. The summed E-state index contributed by atoms with van der Waals surface area (Å²) in [6.07, 6.45) is 1.76. The molecule has 2 aromatic heterocycles. The summed E-state index contributed by atoms with van der Waals surface area (Å²) in [6.45, 7) is 1.88. The Balaban J connectivity index is 2.58. The lowest BCUT2D eigenvalue weighted by Crippen LogP contribution is -2.00. The van der Waals surface area contributed by atoms with Gasteiger partial charge < -0.3 is 0 Å². The number of nitrogens with zero attached hydrogens (tertiary/aromatic N) is 3. The van der Waals surface area contributed by atoms with E-state index in [0.717, 1.165) is 5.69 Å². The Hall–Kier alpha value is -0.770. The lowest BCUT2D eigenvalue weighted by atomic mass is 10.4. The van der Waals surface area contributed by atoms with Crippen molar-refractivity contribution in [3.05, 3.63) is 39.2 Å². The Morgan fingerprint density at radius 2 is 1.93 bits per heavy atom. The minimum Gasteiger partial charge on any atom is -0.221 e. The molecule has 0 saturated heterocycles. The molecule has 3 nitrogen and oxygen atoms in total. The molecule has 15 heavy (non-hydrogen) atoms. The highest BCUT2D eigenvalue weighted by Crippen LogP contribution is 2.27. The summed E-state index contributed by atoms with van der Waals surface area (Å²) >= 11 is 17.5. The fraction of sp³-hybridized carbons (Fsp3) is 0.111. The molecule has 0 spiro atoms. The van der Waals surface area contributed by atoms with Gasteiger partial charge in [0.25, 0.3) is 0 Å². The predicted molar refractivity (Wildman–Crippen MR) is 61.1 cm³/mol. The second kappa shape index (κ2) is 4.00. The molecule has 0 aliphatic heterocycles. The molecule has 0 aliphatic carbocycles. The van der Waals surface area contributed by atoms with E-state index < -0.39 is 0 Å². The van der Waals surface area contributed by atoms with Crippen molar-refractivity contribution in [2.24, 2.45) is 0 Å². The van der Waals surface area contributed by atoms with Crippen molar-refractivity contribution in [3.63, 3.8) is 0 Å². The van der Waals surface area contributed by atoms with Crippen LogP contribution in [0.3, 0.4) is 0 Å². The van der Waals surface area contributed by atoms with Crippen LogP contribution >= 0.6 is 34.8 Å². The molecule has 0 atom stereocenters. The summed E-state index contributed by atoms with van der Waals surface area (Å²) in [7, 11) is 0. The number of halogens is 3. The number of hydrogen-bond donors (Lipinski definition) is 0. The second-order valence-electron chi connectivity index (χ2n) is 2.97. The third-order valence-electron chi connectivity index (χ3n) is 1.81. The molecule has 0 fully saturated rings. The van der Waals surface area contributed by atoms with Crippen molar-refractivity contribution in [2.75, 3.05) is 0 Å². The van der Waals surface area contributed by atoms with Gasteiger partial charge in [-0.1, -0.05) is 34.8 Å². The molecule has 6 heteroatoms. The lowest BCUT2D eigenvalue weighted by Gasteiger charge is -2.04. The van der Waals surface area contributed by atoms with Crippen LogP contribution in [0.4, 0.5) is 0 Å². The van der Waals surface area contributed by atoms with Gasteiger partial charge in [-0.3, -0.25) is 0 Å². The van der Waals surface area contributed by atoms with Gasteiger partial charge >= 0.3 is 0 Å². The fourth-order valence-corrected chi connectivity index (χ4v) is 1.71. The minimum atomic E-state index is 0.212. The van der Waals surface area contributed by atoms with Gasteiger partial charge in [0.2, 0.25) is 0 Å². The van der Waals surface area contributed by atoms with Gasteiger partial charge in [-0.25, -0.2) is 9.67 Å². The average molecular weight is 263 g/mol. The molecule has 2 rings (SSSR count). The molecular weight excluding hydrogens is 256 g/mol. The van der Waals surface area contributed by atoms with Gasteiger partial charge in [0.05, 0.1) is 15.7 Å². The molecule has 0 N–H and O–H groups in total. The molecule has 0 bridgehead atoms. The van der Waals surface area contributed by atoms with E-state index in [0.29, 0.717) is 15.9 Å². The van der Waals surface area contributed by atoms with Gasteiger partial charge in [-0.05, 0) is 19.1 Å². The summed E-state index contributed by atoms with van der Waals surface area (Å²) in [4.78, 5) is 4.06. The Kier molecular flexibility index (Phi) is 2.87. The topological polar surface area (TPSA) is 30.7 Å². The zero-order valence-corrected chi connectivity index (χ0v) is 9.98. The predicted octanol–water partition coefficient (Wildman–Crippen LogP) is 3.54. The number of hydrogen-bond acceptors (Lipinski definition) is 2. The fourth-order valence-electron chi connectivity index (χ4n) is 1.13. The zero-order chi connectivity index (χ0) is 11.0. The van der Waals surface area contributed by atoms with Crippen LogP contribution in [-0.4, -0.2) is 14.8 Å². The van der Waals surface area contributed by atoms with E-state index in [1.54, 1.807) is 16.9 Å². The maximum Gasteiger partial charge on any atom is 0.173 e.